The minimum Gasteiger partial charge on any atom is -0.497 e. The Labute approximate surface area is 103 Å². The van der Waals surface area contributed by atoms with E-state index in [1.165, 1.54) is 6.92 Å². The Morgan fingerprint density at radius 3 is 2.69 bits per heavy atom. The van der Waals surface area contributed by atoms with Crippen LogP contribution in [0.25, 0.3) is 5.76 Å². The van der Waals surface area contributed by atoms with Gasteiger partial charge in [0.2, 0.25) is 0 Å². The quantitative estimate of drug-likeness (QED) is 0.630. The molecule has 0 N–H and O–H groups in total. The van der Waals surface area contributed by atoms with E-state index in [4.69, 9.17) is 9.47 Å². The van der Waals surface area contributed by atoms with Crippen molar-refractivity contribution in [1.82, 2.24) is 0 Å². The van der Waals surface area contributed by atoms with E-state index in [2.05, 4.69) is 22.5 Å². The van der Waals surface area contributed by atoms with Crippen LogP contribution in [0, 0.1) is 0 Å². The van der Waals surface area contributed by atoms with Crippen molar-refractivity contribution in [2.75, 3.05) is 7.11 Å². The topological polar surface area (TPSA) is 35.5 Å². The first-order chi connectivity index (χ1) is 7.54. The lowest BCUT2D eigenvalue weighted by atomic mass is 10.1. The van der Waals surface area contributed by atoms with Crippen LogP contribution in [0.5, 0.6) is 0 Å². The van der Waals surface area contributed by atoms with E-state index in [0.29, 0.717) is 5.76 Å². The standard InChI is InChI=1S/C12H13BrO3/c1-8(15-3)10-4-5-11(12(13)6-10)7-16-9(2)14/h4-6H,1,7H2,2-3H3. The van der Waals surface area contributed by atoms with Crippen LogP contribution in [0.3, 0.4) is 0 Å². The fourth-order valence-electron chi connectivity index (χ4n) is 1.14. The highest BCUT2D eigenvalue weighted by molar-refractivity contribution is 9.10. The van der Waals surface area contributed by atoms with Crippen LogP contribution in [0.15, 0.2) is 29.3 Å². The van der Waals surface area contributed by atoms with Gasteiger partial charge in [-0.05, 0) is 6.07 Å². The molecule has 0 fully saturated rings. The monoisotopic (exact) mass is 284 g/mol. The molecule has 0 aliphatic heterocycles. The van der Waals surface area contributed by atoms with Crippen LogP contribution in [0.1, 0.15) is 18.1 Å². The van der Waals surface area contributed by atoms with E-state index in [9.17, 15) is 4.79 Å². The molecule has 0 unspecified atom stereocenters. The molecule has 4 heteroatoms. The molecule has 0 radical (unpaired) electrons. The second-order valence-corrected chi connectivity index (χ2v) is 4.07. The summed E-state index contributed by atoms with van der Waals surface area (Å²) in [6, 6.07) is 5.62. The minimum atomic E-state index is -0.294. The van der Waals surface area contributed by atoms with E-state index < -0.39 is 0 Å². The summed E-state index contributed by atoms with van der Waals surface area (Å²) in [6.07, 6.45) is 0. The van der Waals surface area contributed by atoms with Gasteiger partial charge in [-0.15, -0.1) is 0 Å². The van der Waals surface area contributed by atoms with Gasteiger partial charge in [0.05, 0.1) is 7.11 Å². The molecule has 0 amide bonds. The maximum atomic E-state index is 10.7. The van der Waals surface area contributed by atoms with Crippen molar-refractivity contribution in [3.05, 3.63) is 40.4 Å². The van der Waals surface area contributed by atoms with Crippen LogP contribution < -0.4 is 0 Å². The molecule has 86 valence electrons. The molecule has 0 saturated carbocycles. The second kappa shape index (κ2) is 5.70. The molecule has 0 aliphatic carbocycles. The smallest absolute Gasteiger partial charge is 0.302 e. The molecule has 3 nitrogen and oxygen atoms in total. The summed E-state index contributed by atoms with van der Waals surface area (Å²) >= 11 is 3.41. The van der Waals surface area contributed by atoms with Crippen LogP contribution in [-0.4, -0.2) is 13.1 Å². The van der Waals surface area contributed by atoms with Crippen LogP contribution in [-0.2, 0) is 20.9 Å². The molecular weight excluding hydrogens is 272 g/mol. The van der Waals surface area contributed by atoms with Gasteiger partial charge in [0.25, 0.3) is 0 Å². The summed E-state index contributed by atoms with van der Waals surface area (Å²) in [5, 5.41) is 0. The first kappa shape index (κ1) is 12.8. The first-order valence-corrected chi connectivity index (χ1v) is 5.49. The highest BCUT2D eigenvalue weighted by Crippen LogP contribution is 2.23. The highest BCUT2D eigenvalue weighted by Gasteiger charge is 2.05. The van der Waals surface area contributed by atoms with Crippen LogP contribution in [0.4, 0.5) is 0 Å². The molecule has 0 saturated heterocycles. The lowest BCUT2D eigenvalue weighted by Gasteiger charge is -2.08. The molecule has 1 rings (SSSR count). The molecular formula is C12H13BrO3. The van der Waals surface area contributed by atoms with Gasteiger partial charge in [-0.1, -0.05) is 34.6 Å². The fourth-order valence-corrected chi connectivity index (χ4v) is 1.63. The van der Waals surface area contributed by atoms with Crippen molar-refractivity contribution in [3.63, 3.8) is 0 Å². The Hall–Kier alpha value is -1.29. The Morgan fingerprint density at radius 2 is 2.19 bits per heavy atom. The third-order valence-corrected chi connectivity index (χ3v) is 2.79. The second-order valence-electron chi connectivity index (χ2n) is 3.21. The van der Waals surface area contributed by atoms with Gasteiger partial charge in [0.15, 0.2) is 0 Å². The lowest BCUT2D eigenvalue weighted by molar-refractivity contribution is -0.142. The normalized spacial score (nSPS) is 9.69. The molecule has 0 bridgehead atoms. The summed E-state index contributed by atoms with van der Waals surface area (Å²) in [5.41, 5.74) is 1.80. The number of rotatable bonds is 4. The number of methoxy groups -OCH3 is 1. The minimum absolute atomic E-state index is 0.260. The van der Waals surface area contributed by atoms with Crippen molar-refractivity contribution >= 4 is 27.7 Å². The molecule has 16 heavy (non-hydrogen) atoms. The number of hydrogen-bond donors (Lipinski definition) is 0. The number of hydrogen-bond acceptors (Lipinski definition) is 3. The molecule has 0 heterocycles. The zero-order valence-corrected chi connectivity index (χ0v) is 10.8. The van der Waals surface area contributed by atoms with E-state index in [-0.39, 0.29) is 12.6 Å². The zero-order valence-electron chi connectivity index (χ0n) is 9.25. The van der Waals surface area contributed by atoms with Crippen molar-refractivity contribution < 1.29 is 14.3 Å². The highest BCUT2D eigenvalue weighted by atomic mass is 79.9. The number of halogens is 1. The van der Waals surface area contributed by atoms with E-state index in [0.717, 1.165) is 15.6 Å². The van der Waals surface area contributed by atoms with E-state index >= 15 is 0 Å². The average Bonchev–Trinajstić information content (AvgIpc) is 2.26. The van der Waals surface area contributed by atoms with Crippen LogP contribution >= 0.6 is 15.9 Å². The molecule has 0 aliphatic rings. The van der Waals surface area contributed by atoms with Gasteiger partial charge in [0.1, 0.15) is 12.4 Å². The van der Waals surface area contributed by atoms with Gasteiger partial charge < -0.3 is 9.47 Å². The van der Waals surface area contributed by atoms with Crippen molar-refractivity contribution in [3.8, 4) is 0 Å². The number of carbonyl (C=O) groups excluding carboxylic acids is 1. The summed E-state index contributed by atoms with van der Waals surface area (Å²) in [5.74, 6) is 0.303. The summed E-state index contributed by atoms with van der Waals surface area (Å²) in [6.45, 7) is 5.40. The third kappa shape index (κ3) is 3.38. The number of ether oxygens (including phenoxy) is 2. The van der Waals surface area contributed by atoms with Gasteiger partial charge >= 0.3 is 5.97 Å². The van der Waals surface area contributed by atoms with Crippen molar-refractivity contribution in [2.45, 2.75) is 13.5 Å². The number of benzene rings is 1. The molecule has 1 aromatic carbocycles. The Morgan fingerprint density at radius 1 is 1.50 bits per heavy atom. The number of carbonyl (C=O) groups is 1. The molecule has 1 aromatic rings. The Balaban J connectivity index is 2.83. The Kier molecular flexibility index (Phi) is 4.55. The van der Waals surface area contributed by atoms with E-state index in [1.54, 1.807) is 7.11 Å². The number of esters is 1. The largest absolute Gasteiger partial charge is 0.497 e. The average molecular weight is 285 g/mol. The molecule has 0 atom stereocenters. The van der Waals surface area contributed by atoms with Gasteiger partial charge in [-0.2, -0.15) is 0 Å². The Bertz CT molecular complexity index is 413. The molecule has 0 aromatic heterocycles. The fraction of sp³-hybridized carbons (Fsp3) is 0.250. The van der Waals surface area contributed by atoms with Gasteiger partial charge in [0, 0.05) is 22.5 Å². The van der Waals surface area contributed by atoms with E-state index in [1.807, 2.05) is 18.2 Å². The van der Waals surface area contributed by atoms with Gasteiger partial charge in [-0.3, -0.25) is 4.79 Å². The van der Waals surface area contributed by atoms with Crippen molar-refractivity contribution in [1.29, 1.82) is 0 Å². The maximum absolute atomic E-state index is 10.7. The van der Waals surface area contributed by atoms with Crippen molar-refractivity contribution in [2.24, 2.45) is 0 Å². The maximum Gasteiger partial charge on any atom is 0.302 e. The summed E-state index contributed by atoms with van der Waals surface area (Å²) in [4.78, 5) is 10.7. The van der Waals surface area contributed by atoms with Crippen LogP contribution in [0.2, 0.25) is 0 Å². The predicted octanol–water partition coefficient (Wildman–Crippen LogP) is 3.13. The third-order valence-electron chi connectivity index (χ3n) is 2.05. The van der Waals surface area contributed by atoms with Gasteiger partial charge in [-0.25, -0.2) is 0 Å². The SMILES string of the molecule is C=C(OC)c1ccc(COC(C)=O)c(Br)c1. The predicted molar refractivity (Wildman–Crippen MR) is 65.7 cm³/mol. The first-order valence-electron chi connectivity index (χ1n) is 4.69. The lowest BCUT2D eigenvalue weighted by Crippen LogP contribution is -1.99. The molecule has 0 spiro atoms. The zero-order chi connectivity index (χ0) is 12.1. The summed E-state index contributed by atoms with van der Waals surface area (Å²) < 4.78 is 10.8. The summed E-state index contributed by atoms with van der Waals surface area (Å²) in [7, 11) is 1.57.